The number of hydrogen-bond donors (Lipinski definition) is 2. The smallest absolute Gasteiger partial charge is 0.291 e. The fourth-order valence-electron chi connectivity index (χ4n) is 1.53. The Morgan fingerprint density at radius 2 is 2.05 bits per heavy atom. The van der Waals surface area contributed by atoms with Crippen LogP contribution in [0.3, 0.4) is 0 Å². The van der Waals surface area contributed by atoms with E-state index in [1.165, 1.54) is 6.26 Å². The Kier molecular flexibility index (Phi) is 3.55. The minimum Gasteiger partial charge on any atom is -0.459 e. The summed E-state index contributed by atoms with van der Waals surface area (Å²) in [6.45, 7) is 6.17. The lowest BCUT2D eigenvalue weighted by Gasteiger charge is -2.21. The number of anilines is 2. The predicted molar refractivity (Wildman–Crippen MR) is 74.3 cm³/mol. The molecule has 0 aliphatic rings. The summed E-state index contributed by atoms with van der Waals surface area (Å²) in [6.07, 6.45) is 3.07. The van der Waals surface area contributed by atoms with Crippen molar-refractivity contribution in [3.63, 3.8) is 0 Å². The van der Waals surface area contributed by atoms with Crippen molar-refractivity contribution in [3.05, 3.63) is 42.5 Å². The normalized spacial score (nSPS) is 11.1. The van der Waals surface area contributed by atoms with E-state index >= 15 is 0 Å². The van der Waals surface area contributed by atoms with Crippen LogP contribution in [0, 0.1) is 0 Å². The number of nitrogens with zero attached hydrogens (tertiary/aromatic N) is 1. The molecule has 0 saturated heterocycles. The van der Waals surface area contributed by atoms with E-state index < -0.39 is 0 Å². The second kappa shape index (κ2) is 5.14. The van der Waals surface area contributed by atoms with Crippen LogP contribution in [0.25, 0.3) is 0 Å². The van der Waals surface area contributed by atoms with Gasteiger partial charge in [0, 0.05) is 5.54 Å². The van der Waals surface area contributed by atoms with Crippen molar-refractivity contribution in [2.75, 3.05) is 10.6 Å². The quantitative estimate of drug-likeness (QED) is 0.888. The molecule has 0 unspecified atom stereocenters. The molecular formula is C14H17N3O2. The number of carbonyl (C=O) groups is 1. The van der Waals surface area contributed by atoms with Gasteiger partial charge in [-0.2, -0.15) is 0 Å². The number of nitrogens with one attached hydrogen (secondary N) is 2. The molecule has 0 bridgehead atoms. The lowest BCUT2D eigenvalue weighted by atomic mass is 10.1. The molecule has 0 fully saturated rings. The van der Waals surface area contributed by atoms with Crippen LogP contribution in [-0.2, 0) is 0 Å². The second-order valence-corrected chi connectivity index (χ2v) is 5.24. The summed E-state index contributed by atoms with van der Waals surface area (Å²) in [5.41, 5.74) is 0.576. The van der Waals surface area contributed by atoms with Crippen LogP contribution in [-0.4, -0.2) is 16.4 Å². The zero-order chi connectivity index (χ0) is 13.9. The Morgan fingerprint density at radius 1 is 1.26 bits per heavy atom. The van der Waals surface area contributed by atoms with E-state index in [1.807, 2.05) is 6.07 Å². The second-order valence-electron chi connectivity index (χ2n) is 5.24. The van der Waals surface area contributed by atoms with Gasteiger partial charge in [0.2, 0.25) is 0 Å². The van der Waals surface area contributed by atoms with Crippen molar-refractivity contribution in [1.82, 2.24) is 4.98 Å². The molecule has 0 aromatic carbocycles. The highest BCUT2D eigenvalue weighted by Crippen LogP contribution is 2.15. The molecule has 0 aliphatic heterocycles. The Balaban J connectivity index is 2.01. The molecule has 0 atom stereocenters. The number of hydrogen-bond acceptors (Lipinski definition) is 4. The number of aromatic nitrogens is 1. The maximum absolute atomic E-state index is 11.7. The van der Waals surface area contributed by atoms with Crippen LogP contribution in [0.15, 0.2) is 41.1 Å². The van der Waals surface area contributed by atoms with Crippen LogP contribution in [0.4, 0.5) is 11.5 Å². The molecule has 0 radical (unpaired) electrons. The summed E-state index contributed by atoms with van der Waals surface area (Å²) in [5, 5.41) is 5.96. The van der Waals surface area contributed by atoms with Crippen molar-refractivity contribution >= 4 is 17.4 Å². The van der Waals surface area contributed by atoms with Crippen molar-refractivity contribution in [1.29, 1.82) is 0 Å². The summed E-state index contributed by atoms with van der Waals surface area (Å²) >= 11 is 0. The number of carbonyl (C=O) groups excluding carboxylic acids is 1. The minimum absolute atomic E-state index is 0.0497. The van der Waals surface area contributed by atoms with Crippen molar-refractivity contribution < 1.29 is 9.21 Å². The number of rotatable bonds is 3. The largest absolute Gasteiger partial charge is 0.459 e. The van der Waals surface area contributed by atoms with Crippen LogP contribution in [0.5, 0.6) is 0 Å². The van der Waals surface area contributed by atoms with Crippen molar-refractivity contribution in [3.8, 4) is 0 Å². The summed E-state index contributed by atoms with van der Waals surface area (Å²) in [7, 11) is 0. The van der Waals surface area contributed by atoms with Gasteiger partial charge in [-0.05, 0) is 45.0 Å². The molecule has 2 heterocycles. The molecule has 19 heavy (non-hydrogen) atoms. The first-order chi connectivity index (χ1) is 8.94. The molecule has 0 spiro atoms. The first-order valence-corrected chi connectivity index (χ1v) is 6.03. The van der Waals surface area contributed by atoms with E-state index in [0.29, 0.717) is 5.69 Å². The number of pyridine rings is 1. The minimum atomic E-state index is -0.289. The predicted octanol–water partition coefficient (Wildman–Crippen LogP) is 3.14. The average Bonchev–Trinajstić information content (AvgIpc) is 2.83. The van der Waals surface area contributed by atoms with Gasteiger partial charge in [-0.3, -0.25) is 4.79 Å². The van der Waals surface area contributed by atoms with Gasteiger partial charge in [-0.25, -0.2) is 4.98 Å². The van der Waals surface area contributed by atoms with E-state index in [0.717, 1.165) is 5.82 Å². The molecule has 2 aromatic rings. The molecule has 1 amide bonds. The lowest BCUT2D eigenvalue weighted by Crippen LogP contribution is -2.26. The highest BCUT2D eigenvalue weighted by Gasteiger charge is 2.11. The van der Waals surface area contributed by atoms with E-state index in [9.17, 15) is 4.79 Å². The van der Waals surface area contributed by atoms with Gasteiger partial charge >= 0.3 is 0 Å². The van der Waals surface area contributed by atoms with Crippen LogP contribution >= 0.6 is 0 Å². The highest BCUT2D eigenvalue weighted by atomic mass is 16.3. The molecule has 5 nitrogen and oxygen atoms in total. The SMILES string of the molecule is CC(C)(C)Nc1ccc(NC(=O)c2ccco2)cn1. The van der Waals surface area contributed by atoms with Gasteiger partial charge in [0.05, 0.1) is 18.1 Å². The van der Waals surface area contributed by atoms with Crippen LogP contribution in [0.2, 0.25) is 0 Å². The Hall–Kier alpha value is -2.30. The fourth-order valence-corrected chi connectivity index (χ4v) is 1.53. The van der Waals surface area contributed by atoms with Gasteiger partial charge in [0.25, 0.3) is 5.91 Å². The Bertz CT molecular complexity index is 539. The summed E-state index contributed by atoms with van der Waals surface area (Å²) < 4.78 is 5.01. The zero-order valence-electron chi connectivity index (χ0n) is 11.2. The standard InChI is InChI=1S/C14H17N3O2/c1-14(2,3)17-12-7-6-10(9-15-12)16-13(18)11-5-4-8-19-11/h4-9H,1-3H3,(H,15,17)(H,16,18). The van der Waals surface area contributed by atoms with Crippen molar-refractivity contribution in [2.24, 2.45) is 0 Å². The Morgan fingerprint density at radius 3 is 2.58 bits per heavy atom. The molecule has 100 valence electrons. The molecule has 0 saturated carbocycles. The van der Waals surface area contributed by atoms with Crippen LogP contribution < -0.4 is 10.6 Å². The Labute approximate surface area is 112 Å². The van der Waals surface area contributed by atoms with Gasteiger partial charge in [0.1, 0.15) is 5.82 Å². The van der Waals surface area contributed by atoms with Crippen LogP contribution in [0.1, 0.15) is 31.3 Å². The molecule has 2 rings (SSSR count). The van der Waals surface area contributed by atoms with E-state index in [4.69, 9.17) is 4.42 Å². The van der Waals surface area contributed by atoms with Gasteiger partial charge in [0.15, 0.2) is 5.76 Å². The maximum atomic E-state index is 11.7. The van der Waals surface area contributed by atoms with E-state index in [1.54, 1.807) is 24.4 Å². The topological polar surface area (TPSA) is 67.2 Å². The van der Waals surface area contributed by atoms with E-state index in [-0.39, 0.29) is 17.2 Å². The first-order valence-electron chi connectivity index (χ1n) is 6.03. The third-order valence-electron chi connectivity index (χ3n) is 2.27. The summed E-state index contributed by atoms with van der Waals surface area (Å²) in [6, 6.07) is 6.90. The fraction of sp³-hybridized carbons (Fsp3) is 0.286. The first kappa shape index (κ1) is 13.1. The highest BCUT2D eigenvalue weighted by molar-refractivity contribution is 6.02. The van der Waals surface area contributed by atoms with Gasteiger partial charge in [-0.15, -0.1) is 0 Å². The van der Waals surface area contributed by atoms with E-state index in [2.05, 4.69) is 36.4 Å². The summed E-state index contributed by atoms with van der Waals surface area (Å²) in [5.74, 6) is 0.753. The number of furan rings is 1. The summed E-state index contributed by atoms with van der Waals surface area (Å²) in [4.78, 5) is 16.0. The third kappa shape index (κ3) is 3.84. The zero-order valence-corrected chi connectivity index (χ0v) is 11.2. The molecule has 2 aromatic heterocycles. The molecule has 2 N–H and O–H groups in total. The molecule has 5 heteroatoms. The lowest BCUT2D eigenvalue weighted by molar-refractivity contribution is 0.0996. The number of amides is 1. The third-order valence-corrected chi connectivity index (χ3v) is 2.27. The molecular weight excluding hydrogens is 242 g/mol. The molecule has 0 aliphatic carbocycles. The maximum Gasteiger partial charge on any atom is 0.291 e. The average molecular weight is 259 g/mol. The van der Waals surface area contributed by atoms with Gasteiger partial charge in [-0.1, -0.05) is 0 Å². The monoisotopic (exact) mass is 259 g/mol. The van der Waals surface area contributed by atoms with Crippen molar-refractivity contribution in [2.45, 2.75) is 26.3 Å². The van der Waals surface area contributed by atoms with Gasteiger partial charge < -0.3 is 15.1 Å².